The molecule has 15 heavy (non-hydrogen) atoms. The van der Waals surface area contributed by atoms with Gasteiger partial charge >= 0.3 is 0 Å². The van der Waals surface area contributed by atoms with E-state index in [0.717, 1.165) is 5.69 Å². The molecule has 0 aromatic carbocycles. The summed E-state index contributed by atoms with van der Waals surface area (Å²) in [5.41, 5.74) is 0.963. The average molecular weight is 225 g/mol. The van der Waals surface area contributed by atoms with Crippen LogP contribution in [-0.2, 0) is 0 Å². The minimum absolute atomic E-state index is 0.116. The summed E-state index contributed by atoms with van der Waals surface area (Å²) in [7, 11) is 0. The van der Waals surface area contributed by atoms with Gasteiger partial charge in [-0.25, -0.2) is 9.97 Å². The number of nitrogens with zero attached hydrogens (tertiary/aromatic N) is 3. The highest BCUT2D eigenvalue weighted by molar-refractivity contribution is 7.13. The zero-order valence-corrected chi connectivity index (χ0v) is 8.97. The first-order valence-electron chi connectivity index (χ1n) is 4.23. The van der Waals surface area contributed by atoms with Crippen LogP contribution >= 0.6 is 11.3 Å². The topological polar surface area (TPSA) is 58.9 Å². The lowest BCUT2D eigenvalue weighted by molar-refractivity contribution is 0.406. The van der Waals surface area contributed by atoms with Crippen LogP contribution in [0.2, 0.25) is 0 Å². The number of aryl methyl sites for hydroxylation is 2. The Bertz CT molecular complexity index is 489. The normalized spacial score (nSPS) is 10.6. The van der Waals surface area contributed by atoms with E-state index in [-0.39, 0.29) is 11.5 Å². The maximum absolute atomic E-state index is 13.0. The van der Waals surface area contributed by atoms with Crippen molar-refractivity contribution in [1.29, 1.82) is 0 Å². The van der Waals surface area contributed by atoms with Crippen molar-refractivity contribution in [3.8, 4) is 16.7 Å². The molecule has 0 bridgehead atoms. The van der Waals surface area contributed by atoms with E-state index in [0.29, 0.717) is 5.01 Å². The highest BCUT2D eigenvalue weighted by Gasteiger charge is 2.13. The van der Waals surface area contributed by atoms with E-state index in [1.54, 1.807) is 0 Å². The first-order valence-corrected chi connectivity index (χ1v) is 5.11. The van der Waals surface area contributed by atoms with Crippen LogP contribution in [0.1, 0.15) is 11.4 Å². The second-order valence-electron chi connectivity index (χ2n) is 3.06. The summed E-state index contributed by atoms with van der Waals surface area (Å²) >= 11 is 1.36. The summed E-state index contributed by atoms with van der Waals surface area (Å²) in [6, 6.07) is 0. The summed E-state index contributed by atoms with van der Waals surface area (Å²) in [6.07, 6.45) is 0. The molecular weight excluding hydrogens is 217 g/mol. The van der Waals surface area contributed by atoms with Crippen molar-refractivity contribution < 1.29 is 9.50 Å². The Balaban J connectivity index is 2.55. The van der Waals surface area contributed by atoms with Gasteiger partial charge < -0.3 is 5.11 Å². The number of aromatic nitrogens is 3. The molecule has 0 saturated carbocycles. The minimum atomic E-state index is -0.785. The molecule has 2 aromatic rings. The quantitative estimate of drug-likeness (QED) is 0.807. The third-order valence-electron chi connectivity index (χ3n) is 1.81. The van der Waals surface area contributed by atoms with Crippen LogP contribution in [0.5, 0.6) is 5.88 Å². The molecule has 0 atom stereocenters. The van der Waals surface area contributed by atoms with Crippen LogP contribution in [0.3, 0.4) is 0 Å². The molecular formula is C9H8FN3OS. The van der Waals surface area contributed by atoms with Gasteiger partial charge in [0.05, 0.1) is 5.69 Å². The molecule has 2 rings (SSSR count). The monoisotopic (exact) mass is 225 g/mol. The Morgan fingerprint density at radius 1 is 1.27 bits per heavy atom. The molecule has 78 valence electrons. The number of aromatic hydroxyl groups is 1. The number of rotatable bonds is 1. The van der Waals surface area contributed by atoms with Crippen molar-refractivity contribution in [2.24, 2.45) is 0 Å². The van der Waals surface area contributed by atoms with E-state index < -0.39 is 11.7 Å². The summed E-state index contributed by atoms with van der Waals surface area (Å²) in [4.78, 5) is 11.7. The van der Waals surface area contributed by atoms with Crippen molar-refractivity contribution in [1.82, 2.24) is 15.0 Å². The summed E-state index contributed by atoms with van der Waals surface area (Å²) in [5.74, 6) is -1.16. The number of halogens is 1. The molecule has 4 nitrogen and oxygen atoms in total. The van der Waals surface area contributed by atoms with Crippen molar-refractivity contribution in [2.45, 2.75) is 13.8 Å². The zero-order chi connectivity index (χ0) is 11.0. The molecule has 2 heterocycles. The van der Waals surface area contributed by atoms with Crippen LogP contribution in [0.15, 0.2) is 5.38 Å². The maximum Gasteiger partial charge on any atom is 0.252 e. The van der Waals surface area contributed by atoms with Gasteiger partial charge in [-0.1, -0.05) is 0 Å². The summed E-state index contributed by atoms with van der Waals surface area (Å²) < 4.78 is 13.0. The lowest BCUT2D eigenvalue weighted by Crippen LogP contribution is -1.96. The SMILES string of the molecule is Cc1csc(-c2nc(C)c(F)c(O)n2)n1. The second-order valence-corrected chi connectivity index (χ2v) is 3.92. The second kappa shape index (κ2) is 3.54. The summed E-state index contributed by atoms with van der Waals surface area (Å²) in [6.45, 7) is 3.32. The van der Waals surface area contributed by atoms with Gasteiger partial charge in [-0.3, -0.25) is 0 Å². The van der Waals surface area contributed by atoms with Gasteiger partial charge in [0.25, 0.3) is 5.88 Å². The van der Waals surface area contributed by atoms with Gasteiger partial charge in [-0.15, -0.1) is 11.3 Å². The fourth-order valence-corrected chi connectivity index (χ4v) is 1.82. The van der Waals surface area contributed by atoms with Crippen LogP contribution in [0.4, 0.5) is 4.39 Å². The van der Waals surface area contributed by atoms with E-state index in [9.17, 15) is 9.50 Å². The molecule has 0 fully saturated rings. The molecule has 0 aliphatic heterocycles. The van der Waals surface area contributed by atoms with Gasteiger partial charge in [0.1, 0.15) is 0 Å². The molecule has 0 amide bonds. The molecule has 0 radical (unpaired) electrons. The van der Waals surface area contributed by atoms with Gasteiger partial charge in [0, 0.05) is 11.1 Å². The van der Waals surface area contributed by atoms with Crippen molar-refractivity contribution in [3.05, 3.63) is 22.6 Å². The smallest absolute Gasteiger partial charge is 0.252 e. The van der Waals surface area contributed by atoms with Gasteiger partial charge in [-0.05, 0) is 13.8 Å². The number of hydrogen-bond donors (Lipinski definition) is 1. The molecule has 0 aliphatic carbocycles. The first kappa shape index (κ1) is 9.97. The molecule has 0 unspecified atom stereocenters. The zero-order valence-electron chi connectivity index (χ0n) is 8.15. The van der Waals surface area contributed by atoms with E-state index in [4.69, 9.17) is 0 Å². The van der Waals surface area contributed by atoms with Crippen molar-refractivity contribution in [3.63, 3.8) is 0 Å². The Hall–Kier alpha value is -1.56. The van der Waals surface area contributed by atoms with E-state index in [2.05, 4.69) is 15.0 Å². The minimum Gasteiger partial charge on any atom is -0.491 e. The Labute approximate surface area is 89.5 Å². The Morgan fingerprint density at radius 2 is 2.00 bits per heavy atom. The average Bonchev–Trinajstić information content (AvgIpc) is 2.60. The fourth-order valence-electron chi connectivity index (χ4n) is 1.10. The Kier molecular flexibility index (Phi) is 2.36. The molecule has 0 saturated heterocycles. The van der Waals surface area contributed by atoms with E-state index >= 15 is 0 Å². The fraction of sp³-hybridized carbons (Fsp3) is 0.222. The predicted molar refractivity (Wildman–Crippen MR) is 54.2 cm³/mol. The summed E-state index contributed by atoms with van der Waals surface area (Å²) in [5, 5.41) is 11.6. The van der Waals surface area contributed by atoms with Crippen LogP contribution < -0.4 is 0 Å². The van der Waals surface area contributed by atoms with E-state index in [1.165, 1.54) is 18.3 Å². The highest BCUT2D eigenvalue weighted by Crippen LogP contribution is 2.23. The number of hydrogen-bond acceptors (Lipinski definition) is 5. The Morgan fingerprint density at radius 3 is 2.53 bits per heavy atom. The van der Waals surface area contributed by atoms with Gasteiger partial charge in [-0.2, -0.15) is 9.37 Å². The lowest BCUT2D eigenvalue weighted by atomic mass is 10.4. The standard InChI is InChI=1S/C9H8FN3OS/c1-4-3-15-9(11-4)7-12-5(2)6(10)8(14)13-7/h3H,1-2H3,(H,12,13,14). The van der Waals surface area contributed by atoms with Gasteiger partial charge in [0.15, 0.2) is 10.8 Å². The molecule has 0 spiro atoms. The van der Waals surface area contributed by atoms with Crippen molar-refractivity contribution >= 4 is 11.3 Å². The van der Waals surface area contributed by atoms with E-state index in [1.807, 2.05) is 12.3 Å². The predicted octanol–water partition coefficient (Wildman–Crippen LogP) is 2.06. The molecule has 1 N–H and O–H groups in total. The van der Waals surface area contributed by atoms with Crippen LogP contribution in [-0.4, -0.2) is 20.1 Å². The lowest BCUT2D eigenvalue weighted by Gasteiger charge is -2.00. The highest BCUT2D eigenvalue weighted by atomic mass is 32.1. The largest absolute Gasteiger partial charge is 0.491 e. The molecule has 6 heteroatoms. The third kappa shape index (κ3) is 1.80. The molecule has 0 aliphatic rings. The van der Waals surface area contributed by atoms with Gasteiger partial charge in [0.2, 0.25) is 5.82 Å². The maximum atomic E-state index is 13.0. The third-order valence-corrected chi connectivity index (χ3v) is 2.77. The van der Waals surface area contributed by atoms with Crippen molar-refractivity contribution in [2.75, 3.05) is 0 Å². The van der Waals surface area contributed by atoms with Crippen LogP contribution in [0, 0.1) is 19.7 Å². The first-order chi connectivity index (χ1) is 7.08. The molecule has 2 aromatic heterocycles. The van der Waals surface area contributed by atoms with Crippen LogP contribution in [0.25, 0.3) is 10.8 Å². The number of thiazole rings is 1.